The summed E-state index contributed by atoms with van der Waals surface area (Å²) in [5.41, 5.74) is 0. The van der Waals surface area contributed by atoms with Gasteiger partial charge in [0.25, 0.3) is 0 Å². The normalized spacial score (nSPS) is 26.2. The van der Waals surface area contributed by atoms with E-state index < -0.39 is 15.8 Å². The summed E-state index contributed by atoms with van der Waals surface area (Å²) in [6.45, 7) is 2.51. The number of nitrogens with zero attached hydrogens (tertiary/aromatic N) is 2. The number of hydrogen-bond acceptors (Lipinski definition) is 6. The first-order chi connectivity index (χ1) is 11.9. The van der Waals surface area contributed by atoms with Crippen LogP contribution in [0.1, 0.15) is 6.42 Å². The Labute approximate surface area is 148 Å². The van der Waals surface area contributed by atoms with Crippen LogP contribution in [-0.2, 0) is 14.6 Å². The zero-order valence-electron chi connectivity index (χ0n) is 14.1. The lowest BCUT2D eigenvalue weighted by atomic mass is 10.0. The Balaban J connectivity index is 1.54. The topological polar surface area (TPSA) is 87.2 Å². The van der Waals surface area contributed by atoms with Crippen molar-refractivity contribution in [2.75, 3.05) is 44.3 Å². The van der Waals surface area contributed by atoms with Crippen molar-refractivity contribution in [1.29, 1.82) is 0 Å². The van der Waals surface area contributed by atoms with Crippen LogP contribution >= 0.6 is 0 Å². The number of piperazine rings is 1. The molecular weight excluding hydrogens is 344 g/mol. The number of benzene rings is 1. The number of rotatable bonds is 7. The smallest absolute Gasteiger partial charge is 0.317 e. The van der Waals surface area contributed by atoms with Crippen molar-refractivity contribution in [3.63, 3.8) is 0 Å². The third-order valence-corrected chi connectivity index (χ3v) is 6.54. The second kappa shape index (κ2) is 7.72. The van der Waals surface area contributed by atoms with Gasteiger partial charge in [-0.05, 0) is 18.6 Å². The minimum Gasteiger partial charge on any atom is -0.494 e. The van der Waals surface area contributed by atoms with Crippen molar-refractivity contribution in [3.05, 3.63) is 30.3 Å². The van der Waals surface area contributed by atoms with Crippen molar-refractivity contribution in [3.8, 4) is 5.75 Å². The average molecular weight is 368 g/mol. The first kappa shape index (κ1) is 18.2. The van der Waals surface area contributed by atoms with E-state index in [4.69, 9.17) is 9.84 Å². The molecule has 8 heteroatoms. The molecule has 1 aromatic carbocycles. The number of carboxylic acids is 1. The molecule has 1 N–H and O–H groups in total. The number of ether oxygens (including phenoxy) is 1. The summed E-state index contributed by atoms with van der Waals surface area (Å²) in [4.78, 5) is 15.0. The molecule has 0 radical (unpaired) electrons. The minimum atomic E-state index is -3.11. The van der Waals surface area contributed by atoms with E-state index in [0.29, 0.717) is 19.7 Å². The lowest BCUT2D eigenvalue weighted by Crippen LogP contribution is -2.60. The van der Waals surface area contributed by atoms with Gasteiger partial charge >= 0.3 is 5.97 Å². The van der Waals surface area contributed by atoms with Gasteiger partial charge in [-0.15, -0.1) is 0 Å². The molecule has 7 nitrogen and oxygen atoms in total. The zero-order valence-corrected chi connectivity index (χ0v) is 14.9. The summed E-state index contributed by atoms with van der Waals surface area (Å²) in [5.74, 6) is 0.0952. The molecule has 2 fully saturated rings. The molecule has 0 saturated carbocycles. The lowest BCUT2D eigenvalue weighted by Gasteiger charge is -2.43. The predicted molar refractivity (Wildman–Crippen MR) is 93.6 cm³/mol. The maximum atomic E-state index is 12.1. The molecule has 1 aromatic rings. The van der Waals surface area contributed by atoms with Gasteiger partial charge in [0.15, 0.2) is 9.84 Å². The van der Waals surface area contributed by atoms with Gasteiger partial charge < -0.3 is 9.84 Å². The van der Waals surface area contributed by atoms with Gasteiger partial charge in [0.1, 0.15) is 5.75 Å². The highest BCUT2D eigenvalue weighted by Gasteiger charge is 2.46. The molecule has 0 aliphatic carbocycles. The van der Waals surface area contributed by atoms with E-state index >= 15 is 0 Å². The molecule has 2 heterocycles. The largest absolute Gasteiger partial charge is 0.494 e. The Bertz CT molecular complexity index is 694. The molecule has 0 amide bonds. The van der Waals surface area contributed by atoms with Gasteiger partial charge in [-0.3, -0.25) is 14.6 Å². The van der Waals surface area contributed by atoms with E-state index in [9.17, 15) is 13.2 Å². The van der Waals surface area contributed by atoms with Crippen molar-refractivity contribution in [1.82, 2.24) is 9.80 Å². The highest BCUT2D eigenvalue weighted by Crippen LogP contribution is 2.27. The van der Waals surface area contributed by atoms with Crippen LogP contribution < -0.4 is 4.74 Å². The van der Waals surface area contributed by atoms with Crippen LogP contribution in [0.15, 0.2) is 30.3 Å². The van der Waals surface area contributed by atoms with Crippen LogP contribution in [-0.4, -0.2) is 85.7 Å². The van der Waals surface area contributed by atoms with Gasteiger partial charge in [0.05, 0.1) is 24.7 Å². The average Bonchev–Trinajstić information content (AvgIpc) is 2.89. The first-order valence-electron chi connectivity index (χ1n) is 8.53. The van der Waals surface area contributed by atoms with Crippen molar-refractivity contribution in [2.24, 2.45) is 0 Å². The summed E-state index contributed by atoms with van der Waals surface area (Å²) in [6.07, 6.45) is 0.803. The molecule has 2 saturated heterocycles. The zero-order chi connectivity index (χ0) is 17.9. The van der Waals surface area contributed by atoms with E-state index in [1.165, 1.54) is 0 Å². The Hall–Kier alpha value is -1.64. The van der Waals surface area contributed by atoms with Crippen LogP contribution in [0.2, 0.25) is 0 Å². The molecule has 0 aromatic heterocycles. The van der Waals surface area contributed by atoms with Gasteiger partial charge in [-0.2, -0.15) is 0 Å². The Morgan fingerprint density at radius 2 is 1.76 bits per heavy atom. The predicted octanol–water partition coefficient (Wildman–Crippen LogP) is 0.323. The molecule has 2 aliphatic heterocycles. The van der Waals surface area contributed by atoms with Crippen LogP contribution in [0.4, 0.5) is 0 Å². The number of para-hydroxylation sites is 1. The number of carbonyl (C=O) groups is 1. The summed E-state index contributed by atoms with van der Waals surface area (Å²) in [7, 11) is -3.11. The maximum Gasteiger partial charge on any atom is 0.317 e. The summed E-state index contributed by atoms with van der Waals surface area (Å²) < 4.78 is 29.8. The molecule has 0 bridgehead atoms. The fraction of sp³-hybridized carbons (Fsp3) is 0.588. The van der Waals surface area contributed by atoms with Gasteiger partial charge in [-0.1, -0.05) is 18.2 Å². The Kier molecular flexibility index (Phi) is 5.61. The SMILES string of the molecule is O=C(O)CN1CCN(CCCOc2ccccc2)[C@H]2CS(=O)(=O)C[C@H]21. The van der Waals surface area contributed by atoms with E-state index in [-0.39, 0.29) is 30.1 Å². The fourth-order valence-electron chi connectivity index (χ4n) is 3.72. The monoisotopic (exact) mass is 368 g/mol. The first-order valence-corrected chi connectivity index (χ1v) is 10.3. The molecule has 2 atom stereocenters. The highest BCUT2D eigenvalue weighted by atomic mass is 32.2. The number of hydrogen-bond donors (Lipinski definition) is 1. The number of sulfone groups is 1. The molecular formula is C17H24N2O5S. The molecule has 3 rings (SSSR count). The second-order valence-electron chi connectivity index (χ2n) is 6.63. The molecule has 25 heavy (non-hydrogen) atoms. The summed E-state index contributed by atoms with van der Waals surface area (Å²) in [6, 6.07) is 9.26. The van der Waals surface area contributed by atoms with E-state index in [0.717, 1.165) is 18.7 Å². The fourth-order valence-corrected chi connectivity index (χ4v) is 5.76. The Morgan fingerprint density at radius 3 is 2.44 bits per heavy atom. The minimum absolute atomic E-state index is 0.0575. The van der Waals surface area contributed by atoms with Crippen LogP contribution in [0.3, 0.4) is 0 Å². The third-order valence-electron chi connectivity index (χ3n) is 4.85. The molecule has 0 unspecified atom stereocenters. The lowest BCUT2D eigenvalue weighted by molar-refractivity contribution is -0.139. The molecule has 0 spiro atoms. The van der Waals surface area contributed by atoms with Crippen molar-refractivity contribution < 1.29 is 23.1 Å². The van der Waals surface area contributed by atoms with Gasteiger partial charge in [0, 0.05) is 31.7 Å². The highest BCUT2D eigenvalue weighted by molar-refractivity contribution is 7.91. The summed E-state index contributed by atoms with van der Waals surface area (Å²) >= 11 is 0. The van der Waals surface area contributed by atoms with Crippen LogP contribution in [0.5, 0.6) is 5.75 Å². The van der Waals surface area contributed by atoms with Gasteiger partial charge in [0.2, 0.25) is 0 Å². The van der Waals surface area contributed by atoms with Gasteiger partial charge in [-0.25, -0.2) is 8.42 Å². The number of fused-ring (bicyclic) bond motifs is 1. The van der Waals surface area contributed by atoms with E-state index in [1.54, 1.807) is 4.90 Å². The standard InChI is InChI=1S/C17H24N2O5S/c20-17(21)11-19-9-8-18(15-12-25(22,23)13-16(15)19)7-4-10-24-14-5-2-1-3-6-14/h1-3,5-6,15-16H,4,7-13H2,(H,20,21)/t15-,16+/m0/s1. The Morgan fingerprint density at radius 1 is 1.12 bits per heavy atom. The summed E-state index contributed by atoms with van der Waals surface area (Å²) in [5, 5.41) is 9.04. The third kappa shape index (κ3) is 4.71. The van der Waals surface area contributed by atoms with Crippen molar-refractivity contribution in [2.45, 2.75) is 18.5 Å². The quantitative estimate of drug-likeness (QED) is 0.694. The second-order valence-corrected chi connectivity index (χ2v) is 8.78. The number of carboxylic acid groups (broad SMARTS) is 1. The molecule has 2 aliphatic rings. The van der Waals surface area contributed by atoms with E-state index in [1.807, 2.05) is 30.3 Å². The van der Waals surface area contributed by atoms with E-state index in [2.05, 4.69) is 4.90 Å². The van der Waals surface area contributed by atoms with Crippen LogP contribution in [0.25, 0.3) is 0 Å². The van der Waals surface area contributed by atoms with Crippen molar-refractivity contribution >= 4 is 15.8 Å². The maximum absolute atomic E-state index is 12.1. The van der Waals surface area contributed by atoms with Crippen LogP contribution in [0, 0.1) is 0 Å². The number of aliphatic carboxylic acids is 1. The molecule has 138 valence electrons.